The second-order valence-electron chi connectivity index (χ2n) is 6.87. The molecular weight excluding hydrogens is 386 g/mol. The van der Waals surface area contributed by atoms with Crippen LogP contribution in [-0.4, -0.2) is 48.3 Å². The van der Waals surface area contributed by atoms with E-state index in [-0.39, 0.29) is 5.91 Å². The Labute approximate surface area is 172 Å². The largest absolute Gasteiger partial charge is 0.383 e. The van der Waals surface area contributed by atoms with E-state index in [1.807, 2.05) is 11.4 Å². The van der Waals surface area contributed by atoms with Crippen LogP contribution < -0.4 is 0 Å². The van der Waals surface area contributed by atoms with Crippen LogP contribution in [0.25, 0.3) is 32.9 Å². The van der Waals surface area contributed by atoms with Crippen LogP contribution in [0.3, 0.4) is 0 Å². The summed E-state index contributed by atoms with van der Waals surface area (Å²) in [6, 6.07) is 13.6. The second kappa shape index (κ2) is 8.14. The van der Waals surface area contributed by atoms with Gasteiger partial charge in [-0.3, -0.25) is 4.79 Å². The average Bonchev–Trinajstić information content (AvgIpc) is 3.38. The number of methoxy groups -OCH3 is 1. The molecule has 2 heterocycles. The molecule has 1 amide bonds. The Morgan fingerprint density at radius 2 is 2.00 bits per heavy atom. The third kappa shape index (κ3) is 3.92. The minimum atomic E-state index is -0.0743. The summed E-state index contributed by atoms with van der Waals surface area (Å²) in [5.41, 5.74) is 4.86. The lowest BCUT2D eigenvalue weighted by molar-refractivity contribution is 0.0744. The highest BCUT2D eigenvalue weighted by atomic mass is 32.1. The van der Waals surface area contributed by atoms with E-state index in [1.54, 1.807) is 42.5 Å². The number of carbonyl (C=O) groups excluding carboxylic acids is 1. The first-order chi connectivity index (χ1) is 14.1. The number of likely N-dealkylation sites (N-methyl/N-ethyl adjacent to an activating group) is 1. The molecule has 148 valence electrons. The monoisotopic (exact) mass is 407 g/mol. The van der Waals surface area contributed by atoms with Gasteiger partial charge in [0.15, 0.2) is 5.58 Å². The van der Waals surface area contributed by atoms with Crippen LogP contribution in [0.2, 0.25) is 0 Å². The van der Waals surface area contributed by atoms with Crippen molar-refractivity contribution >= 4 is 28.2 Å². The molecule has 4 aromatic rings. The number of rotatable bonds is 6. The zero-order chi connectivity index (χ0) is 20.4. The van der Waals surface area contributed by atoms with Gasteiger partial charge in [-0.05, 0) is 25.1 Å². The summed E-state index contributed by atoms with van der Waals surface area (Å²) in [6.45, 7) is 3.07. The van der Waals surface area contributed by atoms with Crippen molar-refractivity contribution in [3.63, 3.8) is 0 Å². The third-order valence-electron chi connectivity index (χ3n) is 4.74. The highest BCUT2D eigenvalue weighted by molar-refractivity contribution is 7.13. The molecule has 0 aliphatic carbocycles. The fraction of sp³-hybridized carbons (Fsp3) is 0.227. The van der Waals surface area contributed by atoms with Crippen LogP contribution in [-0.2, 0) is 4.74 Å². The molecule has 0 unspecified atom stereocenters. The molecule has 0 N–H and O–H groups in total. The Morgan fingerprint density at radius 1 is 1.21 bits per heavy atom. The van der Waals surface area contributed by atoms with E-state index in [0.717, 1.165) is 21.7 Å². The van der Waals surface area contributed by atoms with E-state index in [0.29, 0.717) is 30.0 Å². The number of aryl methyl sites for hydroxylation is 1. The van der Waals surface area contributed by atoms with Crippen molar-refractivity contribution in [1.82, 2.24) is 15.0 Å². The highest BCUT2D eigenvalue weighted by Gasteiger charge is 2.18. The first-order valence-electron chi connectivity index (χ1n) is 9.23. The van der Waals surface area contributed by atoms with Crippen molar-refractivity contribution < 1.29 is 14.1 Å². The van der Waals surface area contributed by atoms with Gasteiger partial charge in [0.05, 0.1) is 12.0 Å². The SMILES string of the molecule is COCCN(C)C(=O)c1ccc2onc(-c3csc(-c4ccc(C)cc4)n3)c2c1. The van der Waals surface area contributed by atoms with E-state index in [2.05, 4.69) is 36.3 Å². The van der Waals surface area contributed by atoms with Crippen molar-refractivity contribution in [2.24, 2.45) is 0 Å². The summed E-state index contributed by atoms with van der Waals surface area (Å²) in [5.74, 6) is -0.0743. The van der Waals surface area contributed by atoms with Gasteiger partial charge in [-0.15, -0.1) is 11.3 Å². The number of fused-ring (bicyclic) bond motifs is 1. The summed E-state index contributed by atoms with van der Waals surface area (Å²) in [5, 5.41) is 7.86. The lowest BCUT2D eigenvalue weighted by Crippen LogP contribution is -2.29. The first-order valence-corrected chi connectivity index (χ1v) is 10.1. The maximum atomic E-state index is 12.7. The Kier molecular flexibility index (Phi) is 5.42. The number of amides is 1. The number of ether oxygens (including phenoxy) is 1. The molecule has 0 atom stereocenters. The second-order valence-corrected chi connectivity index (χ2v) is 7.72. The number of carbonyl (C=O) groups is 1. The number of benzene rings is 2. The summed E-state index contributed by atoms with van der Waals surface area (Å²) in [7, 11) is 3.38. The van der Waals surface area contributed by atoms with Crippen LogP contribution in [0.4, 0.5) is 0 Å². The molecule has 2 aromatic carbocycles. The number of hydrogen-bond acceptors (Lipinski definition) is 6. The zero-order valence-corrected chi connectivity index (χ0v) is 17.3. The van der Waals surface area contributed by atoms with Crippen molar-refractivity contribution in [1.29, 1.82) is 0 Å². The van der Waals surface area contributed by atoms with Crippen LogP contribution in [0.5, 0.6) is 0 Å². The van der Waals surface area contributed by atoms with E-state index in [1.165, 1.54) is 5.56 Å². The molecule has 29 heavy (non-hydrogen) atoms. The van der Waals surface area contributed by atoms with Crippen molar-refractivity contribution in [3.8, 4) is 22.0 Å². The molecular formula is C22H21N3O3S. The Morgan fingerprint density at radius 3 is 2.76 bits per heavy atom. The topological polar surface area (TPSA) is 68.5 Å². The maximum Gasteiger partial charge on any atom is 0.253 e. The van der Waals surface area contributed by atoms with Gasteiger partial charge in [0.25, 0.3) is 5.91 Å². The number of hydrogen-bond donors (Lipinski definition) is 0. The Bertz CT molecular complexity index is 1150. The normalized spacial score (nSPS) is 11.1. The Balaban J connectivity index is 1.66. The van der Waals surface area contributed by atoms with E-state index >= 15 is 0 Å². The molecule has 0 saturated carbocycles. The number of nitrogens with zero attached hydrogens (tertiary/aromatic N) is 3. The third-order valence-corrected chi connectivity index (χ3v) is 5.63. The van der Waals surface area contributed by atoms with E-state index < -0.39 is 0 Å². The fourth-order valence-electron chi connectivity index (χ4n) is 3.02. The molecule has 6 nitrogen and oxygen atoms in total. The van der Waals surface area contributed by atoms with Crippen LogP contribution in [0.1, 0.15) is 15.9 Å². The maximum absolute atomic E-state index is 12.7. The highest BCUT2D eigenvalue weighted by Crippen LogP contribution is 2.33. The molecule has 0 saturated heterocycles. The van der Waals surface area contributed by atoms with Gasteiger partial charge in [-0.25, -0.2) is 4.98 Å². The van der Waals surface area contributed by atoms with Crippen LogP contribution >= 0.6 is 11.3 Å². The molecule has 0 bridgehead atoms. The van der Waals surface area contributed by atoms with E-state index in [4.69, 9.17) is 14.2 Å². The van der Waals surface area contributed by atoms with Gasteiger partial charge in [0.1, 0.15) is 16.4 Å². The van der Waals surface area contributed by atoms with Gasteiger partial charge in [-0.1, -0.05) is 35.0 Å². The molecule has 4 rings (SSSR count). The number of aromatic nitrogens is 2. The summed E-state index contributed by atoms with van der Waals surface area (Å²) in [6.07, 6.45) is 0. The Hall–Kier alpha value is -3.03. The lowest BCUT2D eigenvalue weighted by Gasteiger charge is -2.16. The number of thiazole rings is 1. The van der Waals surface area contributed by atoms with Gasteiger partial charge in [0.2, 0.25) is 0 Å². The first kappa shape index (κ1) is 19.3. The van der Waals surface area contributed by atoms with Crippen LogP contribution in [0.15, 0.2) is 52.4 Å². The molecule has 0 radical (unpaired) electrons. The van der Waals surface area contributed by atoms with Gasteiger partial charge < -0.3 is 14.2 Å². The molecule has 0 aliphatic heterocycles. The molecule has 0 spiro atoms. The van der Waals surface area contributed by atoms with Crippen molar-refractivity contribution in [2.45, 2.75) is 6.92 Å². The zero-order valence-electron chi connectivity index (χ0n) is 16.5. The lowest BCUT2D eigenvalue weighted by atomic mass is 10.1. The van der Waals surface area contributed by atoms with Gasteiger partial charge >= 0.3 is 0 Å². The summed E-state index contributed by atoms with van der Waals surface area (Å²) < 4.78 is 10.5. The molecule has 2 aromatic heterocycles. The fourth-order valence-corrected chi connectivity index (χ4v) is 3.83. The summed E-state index contributed by atoms with van der Waals surface area (Å²) >= 11 is 1.56. The quantitative estimate of drug-likeness (QED) is 0.466. The predicted molar refractivity (Wildman–Crippen MR) is 114 cm³/mol. The molecule has 7 heteroatoms. The van der Waals surface area contributed by atoms with Gasteiger partial charge in [-0.2, -0.15) is 0 Å². The molecule has 0 fully saturated rings. The summed E-state index contributed by atoms with van der Waals surface area (Å²) in [4.78, 5) is 19.1. The predicted octanol–water partition coefficient (Wildman–Crippen LogP) is 4.65. The minimum Gasteiger partial charge on any atom is -0.383 e. The van der Waals surface area contributed by atoms with E-state index in [9.17, 15) is 4.79 Å². The standard InChI is InChI=1S/C22H21N3O3S/c1-14-4-6-15(7-5-14)21-23-18(13-29-21)20-17-12-16(8-9-19(17)28-24-20)22(26)25(2)10-11-27-3/h4-9,12-13H,10-11H2,1-3H3. The van der Waals surface area contributed by atoms with Crippen molar-refractivity contribution in [3.05, 3.63) is 59.0 Å². The minimum absolute atomic E-state index is 0.0743. The average molecular weight is 407 g/mol. The van der Waals surface area contributed by atoms with Gasteiger partial charge in [0, 0.05) is 37.2 Å². The van der Waals surface area contributed by atoms with Crippen molar-refractivity contribution in [2.75, 3.05) is 27.3 Å². The van der Waals surface area contributed by atoms with Crippen LogP contribution in [0, 0.1) is 6.92 Å². The smallest absolute Gasteiger partial charge is 0.253 e. The molecule has 0 aliphatic rings.